The van der Waals surface area contributed by atoms with Gasteiger partial charge in [-0.2, -0.15) is 0 Å². The third kappa shape index (κ3) is 2.05. The van der Waals surface area contributed by atoms with Crippen LogP contribution in [-0.4, -0.2) is 19.7 Å². The number of methoxy groups -OCH3 is 1. The Morgan fingerprint density at radius 1 is 1.20 bits per heavy atom. The number of hydrogen-bond donors (Lipinski definition) is 0. The number of rotatable bonds is 3. The zero-order valence-electron chi connectivity index (χ0n) is 12.3. The van der Waals surface area contributed by atoms with E-state index in [1.165, 1.54) is 31.9 Å². The van der Waals surface area contributed by atoms with E-state index < -0.39 is 0 Å². The van der Waals surface area contributed by atoms with Crippen LogP contribution in [0.2, 0.25) is 0 Å². The highest BCUT2D eigenvalue weighted by Gasteiger charge is 2.49. The molecule has 1 aliphatic carbocycles. The molecule has 3 nitrogen and oxygen atoms in total. The quantitative estimate of drug-likeness (QED) is 0.789. The van der Waals surface area contributed by atoms with Gasteiger partial charge in [-0.15, -0.1) is 0 Å². The number of hydrogen-bond acceptors (Lipinski definition) is 3. The average molecular weight is 274 g/mol. The fourth-order valence-electron chi connectivity index (χ4n) is 3.62. The van der Waals surface area contributed by atoms with Crippen LogP contribution in [0, 0.1) is 5.41 Å². The molecule has 2 saturated heterocycles. The van der Waals surface area contributed by atoms with Gasteiger partial charge in [-0.05, 0) is 55.2 Å². The van der Waals surface area contributed by atoms with Crippen molar-refractivity contribution in [3.63, 3.8) is 0 Å². The summed E-state index contributed by atoms with van der Waals surface area (Å²) in [5.41, 5.74) is 2.11. The van der Waals surface area contributed by atoms with Crippen LogP contribution < -0.4 is 0 Å². The normalized spacial score (nSPS) is 32.1. The van der Waals surface area contributed by atoms with E-state index in [4.69, 9.17) is 9.47 Å². The molecule has 3 aliphatic rings. The molecule has 3 fully saturated rings. The Kier molecular flexibility index (Phi) is 3.33. The van der Waals surface area contributed by atoms with Gasteiger partial charge in [-0.1, -0.05) is 19.1 Å². The Morgan fingerprint density at radius 3 is 2.30 bits per heavy atom. The first-order valence-electron chi connectivity index (χ1n) is 7.46. The molecule has 108 valence electrons. The summed E-state index contributed by atoms with van der Waals surface area (Å²) in [5, 5.41) is 0. The number of fused-ring (bicyclic) bond motifs is 3. The molecular formula is C17H22O3. The number of esters is 1. The lowest BCUT2D eigenvalue weighted by atomic mass is 9.63. The largest absolute Gasteiger partial charge is 0.465 e. The van der Waals surface area contributed by atoms with Gasteiger partial charge in [0, 0.05) is 0 Å². The Hall–Kier alpha value is -1.35. The zero-order chi connectivity index (χ0) is 14.2. The van der Waals surface area contributed by atoms with Gasteiger partial charge in [0.1, 0.15) is 0 Å². The van der Waals surface area contributed by atoms with E-state index in [1.54, 1.807) is 0 Å². The van der Waals surface area contributed by atoms with Gasteiger partial charge < -0.3 is 9.47 Å². The minimum absolute atomic E-state index is 0.119. The summed E-state index contributed by atoms with van der Waals surface area (Å²) in [6.45, 7) is 3.15. The van der Waals surface area contributed by atoms with E-state index in [0.717, 1.165) is 19.4 Å². The molecular weight excluding hydrogens is 252 g/mol. The second-order valence-corrected chi connectivity index (χ2v) is 6.21. The second kappa shape index (κ2) is 4.88. The predicted molar refractivity (Wildman–Crippen MR) is 76.6 cm³/mol. The summed E-state index contributed by atoms with van der Waals surface area (Å²) in [6, 6.07) is 7.73. The topological polar surface area (TPSA) is 35.5 Å². The van der Waals surface area contributed by atoms with Crippen molar-refractivity contribution in [3.8, 4) is 0 Å². The second-order valence-electron chi connectivity index (χ2n) is 6.21. The van der Waals surface area contributed by atoms with Gasteiger partial charge in [0.15, 0.2) is 0 Å². The van der Waals surface area contributed by atoms with Crippen LogP contribution in [0.4, 0.5) is 0 Å². The van der Waals surface area contributed by atoms with Crippen LogP contribution in [-0.2, 0) is 15.1 Å². The standard InChI is InChI=1S/C17H22O3/c1-3-16-8-10-17(11-9-16,20-12-16)14-6-4-13(5-7-14)15(18)19-2/h4-7H,3,8-12H2,1-2H3. The highest BCUT2D eigenvalue weighted by atomic mass is 16.5. The summed E-state index contributed by atoms with van der Waals surface area (Å²) in [7, 11) is 1.41. The predicted octanol–water partition coefficient (Wildman–Crippen LogP) is 3.67. The van der Waals surface area contributed by atoms with Crippen LogP contribution in [0.25, 0.3) is 0 Å². The van der Waals surface area contributed by atoms with Crippen molar-refractivity contribution in [2.75, 3.05) is 13.7 Å². The summed E-state index contributed by atoms with van der Waals surface area (Å²) < 4.78 is 11.0. The molecule has 20 heavy (non-hydrogen) atoms. The Labute approximate surface area is 120 Å². The van der Waals surface area contributed by atoms with Crippen LogP contribution in [0.1, 0.15) is 54.9 Å². The van der Waals surface area contributed by atoms with E-state index >= 15 is 0 Å². The molecule has 3 heteroatoms. The molecule has 2 heterocycles. The van der Waals surface area contributed by atoms with Crippen molar-refractivity contribution in [2.24, 2.45) is 5.41 Å². The van der Waals surface area contributed by atoms with Crippen molar-refractivity contribution >= 4 is 5.97 Å². The lowest BCUT2D eigenvalue weighted by molar-refractivity contribution is -0.190. The SMILES string of the molecule is CCC12CCC(c3ccc(C(=O)OC)cc3)(CC1)OC2. The average Bonchev–Trinajstić information content (AvgIpc) is 2.56. The Morgan fingerprint density at radius 2 is 1.85 bits per heavy atom. The Balaban J connectivity index is 1.82. The third-order valence-corrected chi connectivity index (χ3v) is 5.36. The first-order chi connectivity index (χ1) is 9.63. The maximum Gasteiger partial charge on any atom is 0.337 e. The number of carbonyl (C=O) groups excluding carboxylic acids is 1. The molecule has 0 atom stereocenters. The minimum atomic E-state index is -0.285. The summed E-state index contributed by atoms with van der Waals surface area (Å²) in [5.74, 6) is -0.285. The van der Waals surface area contributed by atoms with Gasteiger partial charge in [0.25, 0.3) is 0 Å². The molecule has 0 aromatic heterocycles. The summed E-state index contributed by atoms with van der Waals surface area (Å²) >= 11 is 0. The fourth-order valence-corrected chi connectivity index (χ4v) is 3.62. The van der Waals surface area contributed by atoms with E-state index in [9.17, 15) is 4.79 Å². The molecule has 2 bridgehead atoms. The monoisotopic (exact) mass is 274 g/mol. The van der Waals surface area contributed by atoms with Crippen LogP contribution in [0.3, 0.4) is 0 Å². The van der Waals surface area contributed by atoms with Gasteiger partial charge in [0.2, 0.25) is 0 Å². The van der Waals surface area contributed by atoms with Crippen molar-refractivity contribution < 1.29 is 14.3 Å². The number of ether oxygens (including phenoxy) is 2. The summed E-state index contributed by atoms with van der Waals surface area (Å²) in [6.07, 6.45) is 5.91. The molecule has 0 unspecified atom stereocenters. The van der Waals surface area contributed by atoms with Gasteiger partial charge >= 0.3 is 5.97 Å². The molecule has 0 amide bonds. The summed E-state index contributed by atoms with van der Waals surface area (Å²) in [4.78, 5) is 11.5. The van der Waals surface area contributed by atoms with Crippen LogP contribution in [0.15, 0.2) is 24.3 Å². The lowest BCUT2D eigenvalue weighted by Gasteiger charge is -2.53. The first kappa shape index (κ1) is 13.6. The third-order valence-electron chi connectivity index (χ3n) is 5.36. The zero-order valence-corrected chi connectivity index (χ0v) is 12.3. The van der Waals surface area contributed by atoms with Gasteiger partial charge in [0.05, 0.1) is 24.9 Å². The molecule has 1 saturated carbocycles. The van der Waals surface area contributed by atoms with E-state index in [0.29, 0.717) is 11.0 Å². The van der Waals surface area contributed by atoms with Crippen molar-refractivity contribution in [1.29, 1.82) is 0 Å². The first-order valence-corrected chi connectivity index (χ1v) is 7.46. The van der Waals surface area contributed by atoms with Gasteiger partial charge in [-0.3, -0.25) is 0 Å². The molecule has 0 spiro atoms. The fraction of sp³-hybridized carbons (Fsp3) is 0.588. The van der Waals surface area contributed by atoms with Gasteiger partial charge in [-0.25, -0.2) is 4.79 Å². The lowest BCUT2D eigenvalue weighted by Crippen LogP contribution is -2.48. The van der Waals surface area contributed by atoms with Crippen LogP contribution >= 0.6 is 0 Å². The molecule has 0 radical (unpaired) electrons. The molecule has 4 rings (SSSR count). The van der Waals surface area contributed by atoms with E-state index in [1.807, 2.05) is 24.3 Å². The maximum atomic E-state index is 11.5. The van der Waals surface area contributed by atoms with Crippen LogP contribution in [0.5, 0.6) is 0 Å². The molecule has 0 N–H and O–H groups in total. The van der Waals surface area contributed by atoms with Crippen molar-refractivity contribution in [3.05, 3.63) is 35.4 Å². The highest BCUT2D eigenvalue weighted by Crippen LogP contribution is 2.54. The maximum absolute atomic E-state index is 11.5. The van der Waals surface area contributed by atoms with Crippen molar-refractivity contribution in [1.82, 2.24) is 0 Å². The van der Waals surface area contributed by atoms with Crippen molar-refractivity contribution in [2.45, 2.75) is 44.6 Å². The molecule has 1 aromatic rings. The van der Waals surface area contributed by atoms with E-state index in [2.05, 4.69) is 6.92 Å². The number of benzene rings is 1. The minimum Gasteiger partial charge on any atom is -0.465 e. The smallest absolute Gasteiger partial charge is 0.337 e. The Bertz CT molecular complexity index is 479. The molecule has 1 aromatic carbocycles. The number of carbonyl (C=O) groups is 1. The highest BCUT2D eigenvalue weighted by molar-refractivity contribution is 5.89. The molecule has 2 aliphatic heterocycles. The van der Waals surface area contributed by atoms with E-state index in [-0.39, 0.29) is 11.6 Å².